The molecule has 2 aromatic rings. The zero-order valence-electron chi connectivity index (χ0n) is 8.91. The SMILES string of the molecule is Cc1cccc(Oc2ccc(N)cc2Br)c1. The van der Waals surface area contributed by atoms with Gasteiger partial charge in [0.1, 0.15) is 11.5 Å². The summed E-state index contributed by atoms with van der Waals surface area (Å²) in [6, 6.07) is 13.4. The van der Waals surface area contributed by atoms with E-state index in [1.54, 1.807) is 0 Å². The van der Waals surface area contributed by atoms with Crippen LogP contribution in [0.1, 0.15) is 5.56 Å². The minimum Gasteiger partial charge on any atom is -0.456 e. The van der Waals surface area contributed by atoms with Crippen molar-refractivity contribution in [2.75, 3.05) is 5.73 Å². The van der Waals surface area contributed by atoms with Crippen LogP contribution in [0.4, 0.5) is 5.69 Å². The molecule has 0 amide bonds. The second-order valence-corrected chi connectivity index (χ2v) is 4.46. The zero-order valence-corrected chi connectivity index (χ0v) is 10.5. The highest BCUT2D eigenvalue weighted by Crippen LogP contribution is 2.31. The van der Waals surface area contributed by atoms with Crippen LogP contribution in [0.3, 0.4) is 0 Å². The van der Waals surface area contributed by atoms with Crippen molar-refractivity contribution in [1.82, 2.24) is 0 Å². The third-order valence-corrected chi connectivity index (χ3v) is 2.79. The fourth-order valence-corrected chi connectivity index (χ4v) is 1.88. The van der Waals surface area contributed by atoms with Gasteiger partial charge in [-0.05, 0) is 58.7 Å². The first-order valence-corrected chi connectivity index (χ1v) is 5.74. The minimum absolute atomic E-state index is 0.712. The van der Waals surface area contributed by atoms with Crippen molar-refractivity contribution in [1.29, 1.82) is 0 Å². The van der Waals surface area contributed by atoms with Crippen LogP contribution in [0.25, 0.3) is 0 Å². The van der Waals surface area contributed by atoms with Gasteiger partial charge in [0.2, 0.25) is 0 Å². The summed E-state index contributed by atoms with van der Waals surface area (Å²) >= 11 is 3.42. The first-order chi connectivity index (χ1) is 7.65. The van der Waals surface area contributed by atoms with Crippen LogP contribution in [0.15, 0.2) is 46.9 Å². The Morgan fingerprint density at radius 1 is 1.12 bits per heavy atom. The average Bonchev–Trinajstić information content (AvgIpc) is 2.22. The van der Waals surface area contributed by atoms with Gasteiger partial charge in [-0.1, -0.05) is 12.1 Å². The number of hydrogen-bond acceptors (Lipinski definition) is 2. The third-order valence-electron chi connectivity index (χ3n) is 2.17. The van der Waals surface area contributed by atoms with Crippen molar-refractivity contribution in [2.24, 2.45) is 0 Å². The third kappa shape index (κ3) is 2.55. The molecule has 0 spiro atoms. The summed E-state index contributed by atoms with van der Waals surface area (Å²) in [6.45, 7) is 2.03. The molecule has 2 N–H and O–H groups in total. The van der Waals surface area contributed by atoms with Gasteiger partial charge in [0.25, 0.3) is 0 Å². The van der Waals surface area contributed by atoms with Crippen LogP contribution in [0.5, 0.6) is 11.5 Å². The van der Waals surface area contributed by atoms with Crippen molar-refractivity contribution in [3.63, 3.8) is 0 Å². The number of hydrogen-bond donors (Lipinski definition) is 1. The molecule has 0 bridgehead atoms. The highest BCUT2D eigenvalue weighted by atomic mass is 79.9. The maximum Gasteiger partial charge on any atom is 0.141 e. The highest BCUT2D eigenvalue weighted by Gasteiger charge is 2.02. The van der Waals surface area contributed by atoms with Gasteiger partial charge in [0.15, 0.2) is 0 Å². The van der Waals surface area contributed by atoms with E-state index in [0.717, 1.165) is 16.0 Å². The Morgan fingerprint density at radius 2 is 1.94 bits per heavy atom. The van der Waals surface area contributed by atoms with E-state index in [4.69, 9.17) is 10.5 Å². The molecule has 16 heavy (non-hydrogen) atoms. The van der Waals surface area contributed by atoms with Crippen LogP contribution in [-0.4, -0.2) is 0 Å². The smallest absolute Gasteiger partial charge is 0.141 e. The van der Waals surface area contributed by atoms with E-state index in [-0.39, 0.29) is 0 Å². The molecule has 2 nitrogen and oxygen atoms in total. The lowest BCUT2D eigenvalue weighted by molar-refractivity contribution is 0.479. The molecule has 0 unspecified atom stereocenters. The Morgan fingerprint density at radius 3 is 2.62 bits per heavy atom. The van der Waals surface area contributed by atoms with E-state index < -0.39 is 0 Å². The Balaban J connectivity index is 2.27. The Bertz CT molecular complexity index is 511. The lowest BCUT2D eigenvalue weighted by Crippen LogP contribution is -1.88. The Kier molecular flexibility index (Phi) is 3.15. The van der Waals surface area contributed by atoms with Crippen molar-refractivity contribution in [3.05, 3.63) is 52.5 Å². The predicted molar refractivity (Wildman–Crippen MR) is 69.8 cm³/mol. The molecular weight excluding hydrogens is 266 g/mol. The van der Waals surface area contributed by atoms with E-state index >= 15 is 0 Å². The maximum absolute atomic E-state index is 5.74. The molecule has 0 aliphatic rings. The average molecular weight is 278 g/mol. The van der Waals surface area contributed by atoms with E-state index in [0.29, 0.717) is 5.69 Å². The number of nitrogen functional groups attached to an aromatic ring is 1. The molecule has 0 aromatic heterocycles. The van der Waals surface area contributed by atoms with Gasteiger partial charge in [0.05, 0.1) is 4.47 Å². The van der Waals surface area contributed by atoms with Crippen LogP contribution < -0.4 is 10.5 Å². The highest BCUT2D eigenvalue weighted by molar-refractivity contribution is 9.10. The molecule has 2 aromatic carbocycles. The second-order valence-electron chi connectivity index (χ2n) is 3.61. The topological polar surface area (TPSA) is 35.2 Å². The number of halogens is 1. The summed E-state index contributed by atoms with van der Waals surface area (Å²) in [4.78, 5) is 0. The Hall–Kier alpha value is -1.48. The molecule has 0 fully saturated rings. The van der Waals surface area contributed by atoms with Crippen LogP contribution >= 0.6 is 15.9 Å². The molecule has 82 valence electrons. The standard InChI is InChI=1S/C13H12BrNO/c1-9-3-2-4-11(7-9)16-13-6-5-10(15)8-12(13)14/h2-8H,15H2,1H3. The monoisotopic (exact) mass is 277 g/mol. The van der Waals surface area contributed by atoms with Crippen LogP contribution in [0.2, 0.25) is 0 Å². The number of ether oxygens (including phenoxy) is 1. The summed E-state index contributed by atoms with van der Waals surface area (Å²) in [6.07, 6.45) is 0. The second kappa shape index (κ2) is 4.58. The lowest BCUT2D eigenvalue weighted by Gasteiger charge is -2.08. The number of nitrogens with two attached hydrogens (primary N) is 1. The van der Waals surface area contributed by atoms with E-state index in [1.165, 1.54) is 5.56 Å². The van der Waals surface area contributed by atoms with Gasteiger partial charge in [-0.25, -0.2) is 0 Å². The summed E-state index contributed by atoms with van der Waals surface area (Å²) in [5.41, 5.74) is 7.54. The molecule has 0 saturated carbocycles. The van der Waals surface area contributed by atoms with Crippen LogP contribution in [-0.2, 0) is 0 Å². The molecule has 2 rings (SSSR count). The van der Waals surface area contributed by atoms with Crippen molar-refractivity contribution >= 4 is 21.6 Å². The summed E-state index contributed by atoms with van der Waals surface area (Å²) < 4.78 is 6.60. The molecule has 0 atom stereocenters. The largest absolute Gasteiger partial charge is 0.456 e. The molecular formula is C13H12BrNO. The summed E-state index contributed by atoms with van der Waals surface area (Å²) in [7, 11) is 0. The first-order valence-electron chi connectivity index (χ1n) is 4.95. The van der Waals surface area contributed by atoms with Crippen molar-refractivity contribution in [3.8, 4) is 11.5 Å². The summed E-state index contributed by atoms with van der Waals surface area (Å²) in [5.74, 6) is 1.59. The van der Waals surface area contributed by atoms with Gasteiger partial charge in [-0.15, -0.1) is 0 Å². The number of rotatable bonds is 2. The van der Waals surface area contributed by atoms with Crippen LogP contribution in [0, 0.1) is 6.92 Å². The molecule has 0 aliphatic carbocycles. The molecule has 0 aliphatic heterocycles. The van der Waals surface area contributed by atoms with Gasteiger partial charge >= 0.3 is 0 Å². The zero-order chi connectivity index (χ0) is 11.5. The molecule has 0 radical (unpaired) electrons. The van der Waals surface area contributed by atoms with Crippen molar-refractivity contribution < 1.29 is 4.74 Å². The van der Waals surface area contributed by atoms with Crippen molar-refractivity contribution in [2.45, 2.75) is 6.92 Å². The Labute approximate surface area is 103 Å². The van der Waals surface area contributed by atoms with E-state index in [2.05, 4.69) is 15.9 Å². The predicted octanol–water partition coefficient (Wildman–Crippen LogP) is 4.13. The fourth-order valence-electron chi connectivity index (χ4n) is 1.41. The maximum atomic E-state index is 5.74. The minimum atomic E-state index is 0.712. The number of anilines is 1. The molecule has 0 saturated heterocycles. The normalized spacial score (nSPS) is 10.1. The first kappa shape index (κ1) is 11.0. The molecule has 0 heterocycles. The number of aryl methyl sites for hydroxylation is 1. The van der Waals surface area contributed by atoms with Gasteiger partial charge in [-0.3, -0.25) is 0 Å². The fraction of sp³-hybridized carbons (Fsp3) is 0.0769. The van der Waals surface area contributed by atoms with E-state index in [1.807, 2.05) is 49.4 Å². The quantitative estimate of drug-likeness (QED) is 0.838. The van der Waals surface area contributed by atoms with Gasteiger partial charge in [-0.2, -0.15) is 0 Å². The van der Waals surface area contributed by atoms with E-state index in [9.17, 15) is 0 Å². The van der Waals surface area contributed by atoms with Gasteiger partial charge in [0, 0.05) is 5.69 Å². The van der Waals surface area contributed by atoms with Gasteiger partial charge < -0.3 is 10.5 Å². The number of benzene rings is 2. The summed E-state index contributed by atoms with van der Waals surface area (Å²) in [5, 5.41) is 0. The molecule has 3 heteroatoms. The lowest BCUT2D eigenvalue weighted by atomic mass is 10.2.